The summed E-state index contributed by atoms with van der Waals surface area (Å²) in [6.07, 6.45) is 4.24. The molecular formula is C25H27F3N6O2. The van der Waals surface area contributed by atoms with E-state index in [0.29, 0.717) is 18.8 Å². The van der Waals surface area contributed by atoms with Crippen molar-refractivity contribution in [3.05, 3.63) is 59.8 Å². The molecule has 1 fully saturated rings. The Hall–Kier alpha value is -3.86. The predicted molar refractivity (Wildman–Crippen MR) is 131 cm³/mol. The molecule has 1 saturated heterocycles. The van der Waals surface area contributed by atoms with Gasteiger partial charge in [0, 0.05) is 31.4 Å². The molecule has 0 unspecified atom stereocenters. The van der Waals surface area contributed by atoms with E-state index in [1.807, 2.05) is 0 Å². The fourth-order valence-electron chi connectivity index (χ4n) is 4.04. The molecule has 0 spiro atoms. The van der Waals surface area contributed by atoms with Crippen LogP contribution in [0.4, 0.5) is 30.2 Å². The van der Waals surface area contributed by atoms with Crippen molar-refractivity contribution >= 4 is 23.0 Å². The van der Waals surface area contributed by atoms with E-state index >= 15 is 4.39 Å². The number of anilines is 3. The summed E-state index contributed by atoms with van der Waals surface area (Å²) in [6.45, 7) is 4.72. The number of rotatable bonds is 6. The van der Waals surface area contributed by atoms with E-state index < -0.39 is 46.4 Å². The Morgan fingerprint density at radius 1 is 1.17 bits per heavy atom. The summed E-state index contributed by atoms with van der Waals surface area (Å²) < 4.78 is 49.9. The van der Waals surface area contributed by atoms with E-state index in [4.69, 9.17) is 16.2 Å². The van der Waals surface area contributed by atoms with Crippen molar-refractivity contribution in [3.8, 4) is 17.0 Å². The predicted octanol–water partition coefficient (Wildman–Crippen LogP) is 4.11. The van der Waals surface area contributed by atoms with E-state index in [-0.39, 0.29) is 17.5 Å². The fourth-order valence-corrected chi connectivity index (χ4v) is 4.04. The molecular weight excluding hydrogens is 473 g/mol. The zero-order valence-electron chi connectivity index (χ0n) is 19.9. The lowest BCUT2D eigenvalue weighted by atomic mass is 10.1. The molecule has 1 aliphatic rings. The van der Waals surface area contributed by atoms with Crippen LogP contribution in [0.1, 0.15) is 37.2 Å². The molecule has 1 aromatic carbocycles. The van der Waals surface area contributed by atoms with Gasteiger partial charge in [-0.2, -0.15) is 0 Å². The lowest BCUT2D eigenvalue weighted by molar-refractivity contribution is 0.102. The van der Waals surface area contributed by atoms with Gasteiger partial charge in [-0.15, -0.1) is 0 Å². The number of nitrogen functional groups attached to an aromatic ring is 1. The van der Waals surface area contributed by atoms with Crippen molar-refractivity contribution in [1.82, 2.24) is 9.97 Å². The van der Waals surface area contributed by atoms with Crippen molar-refractivity contribution in [1.29, 1.82) is 0 Å². The number of piperidine rings is 1. The Bertz CT molecular complexity index is 1280. The minimum Gasteiger partial charge on any atom is -0.488 e. The van der Waals surface area contributed by atoms with Crippen LogP contribution in [0.25, 0.3) is 11.3 Å². The van der Waals surface area contributed by atoms with Crippen LogP contribution in [0.15, 0.2) is 36.7 Å². The summed E-state index contributed by atoms with van der Waals surface area (Å²) in [5.74, 6) is -4.35. The van der Waals surface area contributed by atoms with Crippen LogP contribution in [0, 0.1) is 17.5 Å². The second kappa shape index (κ2) is 10.4. The van der Waals surface area contributed by atoms with Gasteiger partial charge in [0.25, 0.3) is 5.91 Å². The Balaban J connectivity index is 1.69. The Morgan fingerprint density at radius 3 is 2.58 bits per heavy atom. The number of carbonyl (C=O) groups is 1. The summed E-state index contributed by atoms with van der Waals surface area (Å²) in [5, 5.41) is 2.69. The summed E-state index contributed by atoms with van der Waals surface area (Å²) >= 11 is 0. The van der Waals surface area contributed by atoms with Crippen molar-refractivity contribution in [2.75, 3.05) is 29.0 Å². The molecule has 1 aliphatic heterocycles. The smallest absolute Gasteiger partial charge is 0.276 e. The van der Waals surface area contributed by atoms with Gasteiger partial charge in [0.05, 0.1) is 34.9 Å². The van der Waals surface area contributed by atoms with Gasteiger partial charge in [-0.1, -0.05) is 0 Å². The molecule has 5 N–H and O–H groups in total. The minimum absolute atomic E-state index is 0.119. The van der Waals surface area contributed by atoms with Gasteiger partial charge in [0.2, 0.25) is 0 Å². The number of carbonyl (C=O) groups excluding carboxylic acids is 1. The lowest BCUT2D eigenvalue weighted by Crippen LogP contribution is -2.40. The van der Waals surface area contributed by atoms with Crippen LogP contribution >= 0.6 is 0 Å². The zero-order valence-corrected chi connectivity index (χ0v) is 19.9. The van der Waals surface area contributed by atoms with Crippen molar-refractivity contribution in [3.63, 3.8) is 0 Å². The largest absolute Gasteiger partial charge is 0.488 e. The first kappa shape index (κ1) is 25.2. The molecule has 8 nitrogen and oxygen atoms in total. The molecule has 1 amide bonds. The lowest BCUT2D eigenvalue weighted by Gasteiger charge is -2.33. The van der Waals surface area contributed by atoms with Crippen LogP contribution in [0.5, 0.6) is 5.75 Å². The van der Waals surface area contributed by atoms with Crippen LogP contribution < -0.4 is 26.4 Å². The van der Waals surface area contributed by atoms with Crippen LogP contribution in [-0.2, 0) is 0 Å². The maximum atomic E-state index is 15.1. The van der Waals surface area contributed by atoms with Gasteiger partial charge >= 0.3 is 0 Å². The first-order chi connectivity index (χ1) is 17.2. The van der Waals surface area contributed by atoms with Crippen LogP contribution in [-0.4, -0.2) is 41.1 Å². The molecule has 4 rings (SSSR count). The first-order valence-electron chi connectivity index (χ1n) is 11.5. The van der Waals surface area contributed by atoms with Gasteiger partial charge in [-0.3, -0.25) is 9.78 Å². The number of nitrogens with two attached hydrogens (primary N) is 2. The third kappa shape index (κ3) is 5.20. The van der Waals surface area contributed by atoms with E-state index in [1.165, 1.54) is 6.20 Å². The second-order valence-corrected chi connectivity index (χ2v) is 8.83. The molecule has 190 valence electrons. The zero-order chi connectivity index (χ0) is 26.0. The highest BCUT2D eigenvalue weighted by atomic mass is 19.1. The Morgan fingerprint density at radius 2 is 1.89 bits per heavy atom. The number of amides is 1. The normalized spacial score (nSPS) is 14.2. The van der Waals surface area contributed by atoms with E-state index in [9.17, 15) is 13.6 Å². The maximum Gasteiger partial charge on any atom is 0.276 e. The Labute approximate surface area is 206 Å². The molecule has 3 heterocycles. The Kier molecular flexibility index (Phi) is 7.30. The van der Waals surface area contributed by atoms with E-state index in [1.54, 1.807) is 26.1 Å². The van der Waals surface area contributed by atoms with Crippen molar-refractivity contribution < 1.29 is 22.7 Å². The second-order valence-electron chi connectivity index (χ2n) is 8.83. The number of nitrogens with zero attached hydrogens (tertiary/aromatic N) is 3. The van der Waals surface area contributed by atoms with E-state index in [2.05, 4.69) is 20.2 Å². The first-order valence-corrected chi connectivity index (χ1v) is 11.5. The summed E-state index contributed by atoms with van der Waals surface area (Å²) in [4.78, 5) is 23.2. The summed E-state index contributed by atoms with van der Waals surface area (Å²) in [6, 6.07) is 4.73. The molecule has 2 aromatic heterocycles. The number of benzene rings is 1. The van der Waals surface area contributed by atoms with Crippen LogP contribution in [0.2, 0.25) is 0 Å². The molecule has 36 heavy (non-hydrogen) atoms. The average Bonchev–Trinajstić information content (AvgIpc) is 2.83. The monoisotopic (exact) mass is 500 g/mol. The molecule has 11 heteroatoms. The van der Waals surface area contributed by atoms with Crippen molar-refractivity contribution in [2.24, 2.45) is 5.73 Å². The molecule has 0 saturated carbocycles. The highest BCUT2D eigenvalue weighted by molar-refractivity contribution is 6.08. The van der Waals surface area contributed by atoms with Crippen molar-refractivity contribution in [2.45, 2.75) is 38.8 Å². The van der Waals surface area contributed by atoms with Gasteiger partial charge in [-0.25, -0.2) is 18.2 Å². The standard InChI is InChI=1S/C25H27F3N6O2/c1-13(2)36-20-4-3-15(26)21(22(20)28)23-16(27)11-17(30)24(33-23)25(35)32-18-12-31-8-5-19(18)34-9-6-14(29)7-10-34/h3-5,8,11-14H,6-7,9-10,29-30H2,1-2H3,(H,32,35). The molecule has 3 aromatic rings. The summed E-state index contributed by atoms with van der Waals surface area (Å²) in [7, 11) is 0. The third-order valence-electron chi connectivity index (χ3n) is 5.80. The summed E-state index contributed by atoms with van der Waals surface area (Å²) in [5.41, 5.74) is 10.8. The number of ether oxygens (including phenoxy) is 1. The highest BCUT2D eigenvalue weighted by Gasteiger charge is 2.26. The van der Waals surface area contributed by atoms with Crippen LogP contribution in [0.3, 0.4) is 0 Å². The third-order valence-corrected chi connectivity index (χ3v) is 5.80. The number of pyridine rings is 2. The fraction of sp³-hybridized carbons (Fsp3) is 0.320. The number of halogens is 3. The van der Waals surface area contributed by atoms with Gasteiger partial charge < -0.3 is 26.4 Å². The molecule has 0 bridgehead atoms. The molecule has 0 radical (unpaired) electrons. The number of nitrogens with one attached hydrogen (secondary N) is 1. The quantitative estimate of drug-likeness (QED) is 0.466. The van der Waals surface area contributed by atoms with Gasteiger partial charge in [-0.05, 0) is 44.9 Å². The number of hydrogen-bond acceptors (Lipinski definition) is 7. The number of aromatic nitrogens is 2. The highest BCUT2D eigenvalue weighted by Crippen LogP contribution is 2.34. The van der Waals surface area contributed by atoms with Gasteiger partial charge in [0.1, 0.15) is 11.5 Å². The SMILES string of the molecule is CC(C)Oc1ccc(F)c(-c2nc(C(=O)Nc3cnccc3N3CCC(N)CC3)c(N)cc2F)c1F. The van der Waals surface area contributed by atoms with Gasteiger partial charge in [0.15, 0.2) is 23.1 Å². The maximum absolute atomic E-state index is 15.1. The molecule has 0 aliphatic carbocycles. The molecule has 0 atom stereocenters. The van der Waals surface area contributed by atoms with E-state index in [0.717, 1.165) is 36.7 Å². The topological polar surface area (TPSA) is 119 Å². The minimum atomic E-state index is -1.14. The number of hydrogen-bond donors (Lipinski definition) is 3. The average molecular weight is 501 g/mol.